The van der Waals surface area contributed by atoms with Gasteiger partial charge in [0.1, 0.15) is 0 Å². The number of carbonyl (C=O) groups is 1. The zero-order valence-electron chi connectivity index (χ0n) is 12.4. The molecule has 0 atom stereocenters. The summed E-state index contributed by atoms with van der Waals surface area (Å²) in [4.78, 5) is 14.7. The molecule has 5 heteroatoms. The van der Waals surface area contributed by atoms with Gasteiger partial charge in [0.25, 0.3) is 5.91 Å². The molecule has 0 bridgehead atoms. The molecule has 1 heterocycles. The SMILES string of the molecule is COc1cc(Br)c(C(=O)N2CCc3ccccc32)cc1OC. The molecule has 2 aromatic rings. The summed E-state index contributed by atoms with van der Waals surface area (Å²) in [5, 5.41) is 0. The van der Waals surface area contributed by atoms with Gasteiger partial charge in [0.05, 0.1) is 19.8 Å². The molecular weight excluding hydrogens is 346 g/mol. The Kier molecular flexibility index (Phi) is 4.07. The lowest BCUT2D eigenvalue weighted by atomic mass is 10.1. The quantitative estimate of drug-likeness (QED) is 0.836. The molecule has 0 radical (unpaired) electrons. The summed E-state index contributed by atoms with van der Waals surface area (Å²) in [6.07, 6.45) is 0.882. The van der Waals surface area contributed by atoms with E-state index in [1.54, 1.807) is 31.3 Å². The molecule has 114 valence electrons. The number of nitrogens with zero attached hydrogens (tertiary/aromatic N) is 1. The Labute approximate surface area is 137 Å². The van der Waals surface area contributed by atoms with Gasteiger partial charge in [-0.05, 0) is 46.1 Å². The van der Waals surface area contributed by atoms with Crippen LogP contribution in [0, 0.1) is 0 Å². The maximum Gasteiger partial charge on any atom is 0.259 e. The molecule has 0 saturated heterocycles. The summed E-state index contributed by atoms with van der Waals surface area (Å²) in [6, 6.07) is 11.5. The zero-order valence-corrected chi connectivity index (χ0v) is 14.0. The van der Waals surface area contributed by atoms with E-state index in [-0.39, 0.29) is 5.91 Å². The Morgan fingerprint density at radius 1 is 1.14 bits per heavy atom. The van der Waals surface area contributed by atoms with Crippen LogP contribution in [-0.2, 0) is 6.42 Å². The lowest BCUT2D eigenvalue weighted by Crippen LogP contribution is -2.29. The van der Waals surface area contributed by atoms with Crippen molar-refractivity contribution in [1.29, 1.82) is 0 Å². The van der Waals surface area contributed by atoms with Gasteiger partial charge in [-0.1, -0.05) is 18.2 Å². The van der Waals surface area contributed by atoms with E-state index in [9.17, 15) is 4.79 Å². The summed E-state index contributed by atoms with van der Waals surface area (Å²) in [6.45, 7) is 0.693. The third-order valence-corrected chi connectivity index (χ3v) is 4.49. The first-order chi connectivity index (χ1) is 10.7. The van der Waals surface area contributed by atoms with Gasteiger partial charge < -0.3 is 14.4 Å². The second-order valence-electron chi connectivity index (χ2n) is 5.02. The predicted molar refractivity (Wildman–Crippen MR) is 89.1 cm³/mol. The second kappa shape index (κ2) is 6.01. The van der Waals surface area contributed by atoms with Crippen molar-refractivity contribution in [1.82, 2.24) is 0 Å². The van der Waals surface area contributed by atoms with E-state index in [0.717, 1.165) is 12.1 Å². The number of halogens is 1. The molecule has 1 aliphatic rings. The molecule has 0 saturated carbocycles. The van der Waals surface area contributed by atoms with Crippen molar-refractivity contribution in [2.45, 2.75) is 6.42 Å². The first-order valence-corrected chi connectivity index (χ1v) is 7.76. The molecule has 0 aliphatic carbocycles. The number of hydrogen-bond acceptors (Lipinski definition) is 3. The van der Waals surface area contributed by atoms with Crippen molar-refractivity contribution in [3.63, 3.8) is 0 Å². The largest absolute Gasteiger partial charge is 0.493 e. The van der Waals surface area contributed by atoms with Gasteiger partial charge in [0.2, 0.25) is 0 Å². The highest BCUT2D eigenvalue weighted by atomic mass is 79.9. The maximum atomic E-state index is 12.9. The number of hydrogen-bond donors (Lipinski definition) is 0. The molecule has 4 nitrogen and oxygen atoms in total. The van der Waals surface area contributed by atoms with E-state index in [1.165, 1.54) is 5.56 Å². The van der Waals surface area contributed by atoms with Gasteiger partial charge in [-0.2, -0.15) is 0 Å². The molecule has 1 amide bonds. The van der Waals surface area contributed by atoms with Crippen molar-refractivity contribution in [2.24, 2.45) is 0 Å². The number of carbonyl (C=O) groups excluding carboxylic acids is 1. The van der Waals surface area contributed by atoms with E-state index in [0.29, 0.717) is 28.1 Å². The number of rotatable bonds is 3. The average Bonchev–Trinajstić information content (AvgIpc) is 2.98. The van der Waals surface area contributed by atoms with E-state index < -0.39 is 0 Å². The molecule has 1 aliphatic heterocycles. The van der Waals surface area contributed by atoms with Crippen LogP contribution in [0.3, 0.4) is 0 Å². The van der Waals surface area contributed by atoms with Crippen molar-refractivity contribution in [2.75, 3.05) is 25.7 Å². The van der Waals surface area contributed by atoms with Gasteiger partial charge in [-0.3, -0.25) is 4.79 Å². The van der Waals surface area contributed by atoms with Crippen molar-refractivity contribution in [3.05, 3.63) is 52.0 Å². The van der Waals surface area contributed by atoms with Crippen LogP contribution in [-0.4, -0.2) is 26.7 Å². The van der Waals surface area contributed by atoms with E-state index >= 15 is 0 Å². The highest BCUT2D eigenvalue weighted by Crippen LogP contribution is 2.36. The Morgan fingerprint density at radius 3 is 2.55 bits per heavy atom. The minimum atomic E-state index is -0.0437. The Balaban J connectivity index is 2.00. The fraction of sp³-hybridized carbons (Fsp3) is 0.235. The molecule has 3 rings (SSSR count). The zero-order chi connectivity index (χ0) is 15.7. The van der Waals surface area contributed by atoms with Crippen LogP contribution in [0.4, 0.5) is 5.69 Å². The van der Waals surface area contributed by atoms with Gasteiger partial charge in [-0.15, -0.1) is 0 Å². The van der Waals surface area contributed by atoms with Gasteiger partial charge in [-0.25, -0.2) is 0 Å². The molecule has 0 fully saturated rings. The normalized spacial score (nSPS) is 13.0. The Morgan fingerprint density at radius 2 is 1.82 bits per heavy atom. The fourth-order valence-electron chi connectivity index (χ4n) is 2.71. The molecule has 0 spiro atoms. The second-order valence-corrected chi connectivity index (χ2v) is 5.88. The lowest BCUT2D eigenvalue weighted by Gasteiger charge is -2.19. The van der Waals surface area contributed by atoms with Gasteiger partial charge in [0, 0.05) is 16.7 Å². The lowest BCUT2D eigenvalue weighted by molar-refractivity contribution is 0.0988. The van der Waals surface area contributed by atoms with E-state index in [1.807, 2.05) is 18.2 Å². The number of fused-ring (bicyclic) bond motifs is 1. The Bertz CT molecular complexity index is 730. The molecular formula is C17H16BrNO3. The topological polar surface area (TPSA) is 38.8 Å². The summed E-state index contributed by atoms with van der Waals surface area (Å²) in [5.41, 5.74) is 2.75. The van der Waals surface area contributed by atoms with Crippen molar-refractivity contribution >= 4 is 27.5 Å². The smallest absolute Gasteiger partial charge is 0.259 e. The molecule has 0 unspecified atom stereocenters. The van der Waals surface area contributed by atoms with Crippen LogP contribution in [0.1, 0.15) is 15.9 Å². The van der Waals surface area contributed by atoms with Crippen LogP contribution < -0.4 is 14.4 Å². The summed E-state index contributed by atoms with van der Waals surface area (Å²) in [5.74, 6) is 1.09. The van der Waals surface area contributed by atoms with E-state index in [2.05, 4.69) is 22.0 Å². The number of para-hydroxylation sites is 1. The third-order valence-electron chi connectivity index (χ3n) is 3.84. The monoisotopic (exact) mass is 361 g/mol. The third kappa shape index (κ3) is 2.46. The molecule has 0 N–H and O–H groups in total. The Hall–Kier alpha value is -2.01. The average molecular weight is 362 g/mol. The highest BCUT2D eigenvalue weighted by Gasteiger charge is 2.27. The van der Waals surface area contributed by atoms with Crippen LogP contribution in [0.5, 0.6) is 11.5 Å². The maximum absolute atomic E-state index is 12.9. The number of amides is 1. The number of methoxy groups -OCH3 is 2. The first-order valence-electron chi connectivity index (χ1n) is 6.97. The van der Waals surface area contributed by atoms with Crippen molar-refractivity contribution < 1.29 is 14.3 Å². The van der Waals surface area contributed by atoms with Crippen LogP contribution in [0.15, 0.2) is 40.9 Å². The minimum Gasteiger partial charge on any atom is -0.493 e. The standard InChI is InChI=1S/C17H16BrNO3/c1-21-15-9-12(13(18)10-16(15)22-2)17(20)19-8-7-11-5-3-4-6-14(11)19/h3-6,9-10H,7-8H2,1-2H3. The van der Waals surface area contributed by atoms with Crippen LogP contribution >= 0.6 is 15.9 Å². The summed E-state index contributed by atoms with van der Waals surface area (Å²) < 4.78 is 11.2. The predicted octanol–water partition coefficient (Wildman–Crippen LogP) is 3.67. The minimum absolute atomic E-state index is 0.0437. The fourth-order valence-corrected chi connectivity index (χ4v) is 3.20. The first kappa shape index (κ1) is 14.9. The van der Waals surface area contributed by atoms with Gasteiger partial charge >= 0.3 is 0 Å². The summed E-state index contributed by atoms with van der Waals surface area (Å²) >= 11 is 3.46. The molecule has 0 aromatic heterocycles. The highest BCUT2D eigenvalue weighted by molar-refractivity contribution is 9.10. The molecule has 2 aromatic carbocycles. The molecule has 22 heavy (non-hydrogen) atoms. The van der Waals surface area contributed by atoms with Crippen LogP contribution in [0.2, 0.25) is 0 Å². The number of benzene rings is 2. The van der Waals surface area contributed by atoms with E-state index in [4.69, 9.17) is 9.47 Å². The summed E-state index contributed by atoms with van der Waals surface area (Å²) in [7, 11) is 3.13. The van der Waals surface area contributed by atoms with Crippen molar-refractivity contribution in [3.8, 4) is 11.5 Å². The number of anilines is 1. The van der Waals surface area contributed by atoms with Crippen LogP contribution in [0.25, 0.3) is 0 Å². The number of ether oxygens (including phenoxy) is 2. The van der Waals surface area contributed by atoms with Gasteiger partial charge in [0.15, 0.2) is 11.5 Å².